The lowest BCUT2D eigenvalue weighted by Gasteiger charge is -2.27. The molecule has 2 aromatic heterocycles. The molecule has 1 aromatic carbocycles. The van der Waals surface area contributed by atoms with Crippen molar-refractivity contribution >= 4 is 51.9 Å². The molecule has 3 aromatic rings. The van der Waals surface area contributed by atoms with E-state index in [4.69, 9.17) is 32.7 Å². The van der Waals surface area contributed by atoms with Gasteiger partial charge in [0.25, 0.3) is 5.91 Å². The Labute approximate surface area is 206 Å². The lowest BCUT2D eigenvalue weighted by atomic mass is 9.87. The Morgan fingerprint density at radius 1 is 1.15 bits per heavy atom. The summed E-state index contributed by atoms with van der Waals surface area (Å²) in [4.78, 5) is 25.0. The highest BCUT2D eigenvalue weighted by Crippen LogP contribution is 2.34. The molecule has 0 aliphatic heterocycles. The number of halogens is 3. The minimum absolute atomic E-state index is 0.101. The van der Waals surface area contributed by atoms with Gasteiger partial charge in [0.05, 0.1) is 27.9 Å². The molecular formula is C23H26Cl2FN5O3. The quantitative estimate of drug-likeness (QED) is 0.347. The molecule has 8 nitrogen and oxygen atoms in total. The van der Waals surface area contributed by atoms with Gasteiger partial charge in [-0.25, -0.2) is 4.39 Å². The summed E-state index contributed by atoms with van der Waals surface area (Å²) in [5.74, 6) is 0.322. The molecular weight excluding hydrogens is 484 g/mol. The number of amides is 1. The number of pyridine rings is 1. The first-order valence-corrected chi connectivity index (χ1v) is 11.8. The first-order valence-electron chi connectivity index (χ1n) is 11.1. The zero-order valence-electron chi connectivity index (χ0n) is 18.9. The number of carbonyl (C=O) groups is 1. The number of imidazole rings is 1. The van der Waals surface area contributed by atoms with E-state index in [1.807, 2.05) is 0 Å². The number of aromatic amines is 1. The maximum Gasteiger partial charge on any atom is 0.257 e. The zero-order valence-corrected chi connectivity index (χ0v) is 20.4. The van der Waals surface area contributed by atoms with Gasteiger partial charge in [0.2, 0.25) is 11.8 Å². The van der Waals surface area contributed by atoms with Crippen LogP contribution in [-0.2, 0) is 4.74 Å². The fourth-order valence-corrected chi connectivity index (χ4v) is 4.48. The highest BCUT2D eigenvalue weighted by Gasteiger charge is 2.24. The van der Waals surface area contributed by atoms with Crippen LogP contribution in [0.5, 0.6) is 5.88 Å². The van der Waals surface area contributed by atoms with Crippen molar-refractivity contribution in [3.05, 3.63) is 39.6 Å². The number of aromatic nitrogens is 3. The van der Waals surface area contributed by atoms with Gasteiger partial charge >= 0.3 is 0 Å². The number of nitrogens with zero attached hydrogens (tertiary/aromatic N) is 2. The Morgan fingerprint density at radius 3 is 2.53 bits per heavy atom. The Balaban J connectivity index is 1.61. The van der Waals surface area contributed by atoms with E-state index in [1.165, 1.54) is 0 Å². The summed E-state index contributed by atoms with van der Waals surface area (Å²) >= 11 is 12.2. The molecule has 11 heteroatoms. The summed E-state index contributed by atoms with van der Waals surface area (Å²) < 4.78 is 24.3. The van der Waals surface area contributed by atoms with Crippen LogP contribution in [-0.4, -0.2) is 47.2 Å². The van der Waals surface area contributed by atoms with Crippen molar-refractivity contribution in [2.75, 3.05) is 25.6 Å². The van der Waals surface area contributed by atoms with Crippen LogP contribution >= 0.6 is 23.2 Å². The number of fused-ring (bicyclic) bond motifs is 1. The Hall–Kier alpha value is -2.62. The summed E-state index contributed by atoms with van der Waals surface area (Å²) in [5.41, 5.74) is 1.44. The molecule has 0 unspecified atom stereocenters. The summed E-state index contributed by atoms with van der Waals surface area (Å²) in [6, 6.07) is 4.06. The van der Waals surface area contributed by atoms with E-state index in [2.05, 4.69) is 32.5 Å². The number of anilines is 2. The molecule has 1 aliphatic carbocycles. The van der Waals surface area contributed by atoms with Crippen molar-refractivity contribution < 1.29 is 18.7 Å². The number of hydrogen-bond acceptors (Lipinski definition) is 6. The third-order valence-corrected chi connectivity index (χ3v) is 6.41. The third kappa shape index (κ3) is 5.71. The molecule has 0 spiro atoms. The molecule has 4 rings (SSSR count). The van der Waals surface area contributed by atoms with Crippen molar-refractivity contribution in [1.82, 2.24) is 20.3 Å². The van der Waals surface area contributed by atoms with Crippen LogP contribution in [0.1, 0.15) is 43.0 Å². The van der Waals surface area contributed by atoms with Gasteiger partial charge in [-0.3, -0.25) is 4.79 Å². The SMILES string of the molecule is COCCOc1nc2nc(Nc3c(Cl)cc(F)cc3Cl)[nH]c2cc1C(=O)NC1CCC(C)CC1. The molecule has 2 heterocycles. The van der Waals surface area contributed by atoms with Gasteiger partial charge in [-0.15, -0.1) is 0 Å². The molecule has 34 heavy (non-hydrogen) atoms. The van der Waals surface area contributed by atoms with E-state index in [9.17, 15) is 9.18 Å². The number of benzene rings is 1. The van der Waals surface area contributed by atoms with Gasteiger partial charge in [-0.05, 0) is 49.8 Å². The van der Waals surface area contributed by atoms with Gasteiger partial charge in [-0.1, -0.05) is 30.1 Å². The Morgan fingerprint density at radius 2 is 1.85 bits per heavy atom. The van der Waals surface area contributed by atoms with E-state index in [0.29, 0.717) is 34.9 Å². The number of rotatable bonds is 8. The lowest BCUT2D eigenvalue weighted by molar-refractivity contribution is 0.0914. The minimum Gasteiger partial charge on any atom is -0.475 e. The van der Waals surface area contributed by atoms with E-state index >= 15 is 0 Å². The van der Waals surface area contributed by atoms with Crippen LogP contribution in [0.3, 0.4) is 0 Å². The number of H-pyrrole nitrogens is 1. The highest BCUT2D eigenvalue weighted by atomic mass is 35.5. The fraction of sp³-hybridized carbons (Fsp3) is 0.435. The van der Waals surface area contributed by atoms with E-state index < -0.39 is 5.82 Å². The molecule has 0 atom stereocenters. The molecule has 0 saturated heterocycles. The minimum atomic E-state index is -0.548. The van der Waals surface area contributed by atoms with Gasteiger partial charge in [0, 0.05) is 13.2 Å². The molecule has 1 aliphatic rings. The summed E-state index contributed by atoms with van der Waals surface area (Å²) in [7, 11) is 1.56. The smallest absolute Gasteiger partial charge is 0.257 e. The largest absolute Gasteiger partial charge is 0.475 e. The predicted molar refractivity (Wildman–Crippen MR) is 130 cm³/mol. The molecule has 0 radical (unpaired) electrons. The number of nitrogens with one attached hydrogen (secondary N) is 3. The number of methoxy groups -OCH3 is 1. The van der Waals surface area contributed by atoms with Crippen molar-refractivity contribution in [2.45, 2.75) is 38.6 Å². The van der Waals surface area contributed by atoms with E-state index in [1.54, 1.807) is 13.2 Å². The van der Waals surface area contributed by atoms with Gasteiger partial charge in [0.1, 0.15) is 18.0 Å². The van der Waals surface area contributed by atoms with Crippen LogP contribution < -0.4 is 15.4 Å². The lowest BCUT2D eigenvalue weighted by Crippen LogP contribution is -2.37. The van der Waals surface area contributed by atoms with Crippen LogP contribution in [0.4, 0.5) is 16.0 Å². The molecule has 1 amide bonds. The second kappa shape index (κ2) is 10.8. The first-order chi connectivity index (χ1) is 16.3. The average Bonchev–Trinajstić information content (AvgIpc) is 3.19. The van der Waals surface area contributed by atoms with Crippen LogP contribution in [0.2, 0.25) is 10.0 Å². The summed E-state index contributed by atoms with van der Waals surface area (Å²) in [6.07, 6.45) is 4.06. The maximum absolute atomic E-state index is 13.5. The molecule has 1 saturated carbocycles. The predicted octanol–water partition coefficient (Wildman–Crippen LogP) is 5.48. The number of hydrogen-bond donors (Lipinski definition) is 3. The molecule has 3 N–H and O–H groups in total. The van der Waals surface area contributed by atoms with Crippen LogP contribution in [0, 0.1) is 11.7 Å². The molecule has 1 fully saturated rings. The van der Waals surface area contributed by atoms with E-state index in [-0.39, 0.29) is 40.4 Å². The molecule has 182 valence electrons. The average molecular weight is 510 g/mol. The second-order valence-corrected chi connectivity index (χ2v) is 9.25. The second-order valence-electron chi connectivity index (χ2n) is 8.44. The monoisotopic (exact) mass is 509 g/mol. The van der Waals surface area contributed by atoms with Crippen LogP contribution in [0.25, 0.3) is 11.2 Å². The van der Waals surface area contributed by atoms with Crippen molar-refractivity contribution in [2.24, 2.45) is 5.92 Å². The Bertz CT molecular complexity index is 1160. The van der Waals surface area contributed by atoms with Crippen molar-refractivity contribution in [3.63, 3.8) is 0 Å². The number of ether oxygens (including phenoxy) is 2. The fourth-order valence-electron chi connectivity index (χ4n) is 3.93. The number of carbonyl (C=O) groups excluding carboxylic acids is 1. The Kier molecular flexibility index (Phi) is 7.75. The van der Waals surface area contributed by atoms with E-state index in [0.717, 1.165) is 37.8 Å². The standard InChI is InChI=1S/C23H26Cl2FN5O3/c1-12-3-5-14(6-4-12)27-21(32)15-11-18-20(30-22(15)34-8-7-33-2)31-23(28-18)29-19-16(24)9-13(26)10-17(19)25/h9-12,14H,3-8H2,1-2H3,(H,27,32)(H2,28,29,30,31). The van der Waals surface area contributed by atoms with Crippen molar-refractivity contribution in [1.29, 1.82) is 0 Å². The summed E-state index contributed by atoms with van der Waals surface area (Å²) in [5, 5.41) is 6.26. The van der Waals surface area contributed by atoms with Gasteiger partial charge in [0.15, 0.2) is 5.65 Å². The topological polar surface area (TPSA) is 101 Å². The zero-order chi connectivity index (χ0) is 24.2. The van der Waals surface area contributed by atoms with Gasteiger partial charge < -0.3 is 25.1 Å². The highest BCUT2D eigenvalue weighted by molar-refractivity contribution is 6.39. The van der Waals surface area contributed by atoms with Crippen LogP contribution in [0.15, 0.2) is 18.2 Å². The normalized spacial score (nSPS) is 18.1. The van der Waals surface area contributed by atoms with Gasteiger partial charge in [-0.2, -0.15) is 9.97 Å². The summed E-state index contributed by atoms with van der Waals surface area (Å²) in [6.45, 7) is 2.80. The first kappa shape index (κ1) is 24.5. The molecule has 0 bridgehead atoms. The maximum atomic E-state index is 13.5. The van der Waals surface area contributed by atoms with Crippen molar-refractivity contribution in [3.8, 4) is 5.88 Å². The third-order valence-electron chi connectivity index (χ3n) is 5.81.